The van der Waals surface area contributed by atoms with Crippen LogP contribution in [0.25, 0.3) is 11.1 Å². The molecule has 6 heteroatoms. The van der Waals surface area contributed by atoms with E-state index >= 15 is 0 Å². The molecular weight excluding hydrogens is 453 g/mol. The molecule has 0 bridgehead atoms. The summed E-state index contributed by atoms with van der Waals surface area (Å²) in [7, 11) is 1.55. The summed E-state index contributed by atoms with van der Waals surface area (Å²) in [6.45, 7) is 2.92. The molecule has 0 N–H and O–H groups in total. The van der Waals surface area contributed by atoms with E-state index in [2.05, 4.69) is 0 Å². The maximum atomic E-state index is 14.8. The van der Waals surface area contributed by atoms with Gasteiger partial charge in [0.15, 0.2) is 11.6 Å². The highest BCUT2D eigenvalue weighted by atomic mass is 19.2. The van der Waals surface area contributed by atoms with Gasteiger partial charge in [-0.05, 0) is 73.4 Å². The molecule has 0 aliphatic heterocycles. The van der Waals surface area contributed by atoms with Crippen LogP contribution in [0, 0.1) is 17.5 Å². The summed E-state index contributed by atoms with van der Waals surface area (Å²) in [4.78, 5) is 0. The summed E-state index contributed by atoms with van der Waals surface area (Å²) in [5.41, 5.74) is 2.52. The molecule has 3 nitrogen and oxygen atoms in total. The molecule has 0 heterocycles. The van der Waals surface area contributed by atoms with Crippen LogP contribution in [0.3, 0.4) is 0 Å². The van der Waals surface area contributed by atoms with Crippen molar-refractivity contribution in [2.24, 2.45) is 0 Å². The second-order valence-corrected chi connectivity index (χ2v) is 8.91. The third kappa shape index (κ3) is 6.06. The monoisotopic (exact) mass is 484 g/mol. The van der Waals surface area contributed by atoms with Crippen LogP contribution >= 0.6 is 0 Å². The predicted octanol–water partition coefficient (Wildman–Crippen LogP) is 7.56. The Bertz CT molecular complexity index is 1120. The fourth-order valence-electron chi connectivity index (χ4n) is 4.65. The molecule has 3 aromatic rings. The van der Waals surface area contributed by atoms with Crippen LogP contribution in [0.5, 0.6) is 5.75 Å². The van der Waals surface area contributed by atoms with Crippen LogP contribution < -0.4 is 4.74 Å². The lowest BCUT2D eigenvalue weighted by atomic mass is 9.82. The van der Waals surface area contributed by atoms with Gasteiger partial charge in [0.25, 0.3) is 0 Å². The van der Waals surface area contributed by atoms with Crippen molar-refractivity contribution >= 4 is 0 Å². The van der Waals surface area contributed by atoms with E-state index in [9.17, 15) is 13.2 Å². The Morgan fingerprint density at radius 1 is 0.829 bits per heavy atom. The number of hydrogen-bond donors (Lipinski definition) is 0. The summed E-state index contributed by atoms with van der Waals surface area (Å²) in [6, 6.07) is 15.3. The fraction of sp³-hybridized carbons (Fsp3) is 0.379. The van der Waals surface area contributed by atoms with E-state index in [1.54, 1.807) is 49.6 Å². The van der Waals surface area contributed by atoms with Crippen molar-refractivity contribution in [2.45, 2.75) is 57.8 Å². The van der Waals surface area contributed by atoms with Crippen molar-refractivity contribution in [1.82, 2.24) is 0 Å². The van der Waals surface area contributed by atoms with Gasteiger partial charge in [0.05, 0.1) is 26.4 Å². The van der Waals surface area contributed by atoms with Crippen LogP contribution in [-0.2, 0) is 22.7 Å². The number of hydrogen-bond acceptors (Lipinski definition) is 3. The van der Waals surface area contributed by atoms with Crippen molar-refractivity contribution in [2.75, 3.05) is 13.7 Å². The second-order valence-electron chi connectivity index (χ2n) is 8.91. The molecule has 0 saturated heterocycles. The van der Waals surface area contributed by atoms with Gasteiger partial charge in [-0.2, -0.15) is 0 Å². The first-order chi connectivity index (χ1) is 17.0. The van der Waals surface area contributed by atoms with Gasteiger partial charge in [0.2, 0.25) is 0 Å². The molecule has 0 spiro atoms. The van der Waals surface area contributed by atoms with E-state index in [1.165, 1.54) is 0 Å². The van der Waals surface area contributed by atoms with Crippen LogP contribution in [0.2, 0.25) is 0 Å². The molecule has 0 unspecified atom stereocenters. The Kier molecular flexibility index (Phi) is 8.47. The Morgan fingerprint density at radius 2 is 1.57 bits per heavy atom. The molecule has 1 aliphatic carbocycles. The van der Waals surface area contributed by atoms with Crippen LogP contribution in [0.15, 0.2) is 54.6 Å². The van der Waals surface area contributed by atoms with Gasteiger partial charge in [-0.3, -0.25) is 0 Å². The number of ether oxygens (including phenoxy) is 3. The Labute approximate surface area is 204 Å². The Morgan fingerprint density at radius 3 is 2.23 bits per heavy atom. The maximum Gasteiger partial charge on any atom is 0.167 e. The van der Waals surface area contributed by atoms with Gasteiger partial charge < -0.3 is 14.2 Å². The van der Waals surface area contributed by atoms with E-state index < -0.39 is 11.6 Å². The molecule has 35 heavy (non-hydrogen) atoms. The number of methoxy groups -OCH3 is 1. The molecule has 0 atom stereocenters. The first kappa shape index (κ1) is 25.3. The minimum absolute atomic E-state index is 0.00145. The lowest BCUT2D eigenvalue weighted by Crippen LogP contribution is -2.21. The van der Waals surface area contributed by atoms with Crippen LogP contribution in [0.1, 0.15) is 55.2 Å². The molecule has 4 rings (SSSR count). The zero-order valence-corrected chi connectivity index (χ0v) is 20.2. The quantitative estimate of drug-likeness (QED) is 0.314. The molecule has 186 valence electrons. The van der Waals surface area contributed by atoms with Crippen molar-refractivity contribution in [3.8, 4) is 16.9 Å². The minimum Gasteiger partial charge on any atom is -0.497 e. The Balaban J connectivity index is 1.33. The SMILES string of the molecule is CCOCc1ccc(C2CCC(OCc3ccc(-c4ccc(OC)cc4)c(F)c3F)CC2)c(F)c1. The summed E-state index contributed by atoms with van der Waals surface area (Å²) in [5, 5.41) is 0. The zero-order chi connectivity index (χ0) is 24.8. The molecular formula is C29H31F3O3. The lowest BCUT2D eigenvalue weighted by molar-refractivity contribution is 0.0117. The standard InChI is InChI=1S/C29H31F3O3/c1-3-34-17-19-4-14-25(27(30)16-19)20-7-12-24(13-8-20)35-18-22-9-15-26(29(32)28(22)31)21-5-10-23(33-2)11-6-21/h4-6,9-11,14-16,20,24H,3,7-8,12-13,17-18H2,1-2H3. The van der Waals surface area contributed by atoms with Crippen molar-refractivity contribution < 1.29 is 27.4 Å². The second kappa shape index (κ2) is 11.7. The molecule has 0 amide bonds. The lowest BCUT2D eigenvalue weighted by Gasteiger charge is -2.29. The average Bonchev–Trinajstić information content (AvgIpc) is 2.89. The first-order valence-corrected chi connectivity index (χ1v) is 12.1. The van der Waals surface area contributed by atoms with Gasteiger partial charge in [-0.1, -0.05) is 36.4 Å². The summed E-state index contributed by atoms with van der Waals surface area (Å²) >= 11 is 0. The van der Waals surface area contributed by atoms with Gasteiger partial charge in [0, 0.05) is 17.7 Å². The predicted molar refractivity (Wildman–Crippen MR) is 130 cm³/mol. The third-order valence-electron chi connectivity index (χ3n) is 6.69. The van der Waals surface area contributed by atoms with Crippen LogP contribution in [0.4, 0.5) is 13.2 Å². The van der Waals surface area contributed by atoms with E-state index in [4.69, 9.17) is 14.2 Å². The molecule has 1 fully saturated rings. The van der Waals surface area contributed by atoms with Crippen molar-refractivity contribution in [1.29, 1.82) is 0 Å². The highest BCUT2D eigenvalue weighted by Gasteiger charge is 2.25. The molecule has 1 aliphatic rings. The van der Waals surface area contributed by atoms with Crippen LogP contribution in [-0.4, -0.2) is 19.8 Å². The van der Waals surface area contributed by atoms with Crippen molar-refractivity contribution in [3.05, 3.63) is 88.7 Å². The number of rotatable bonds is 9. The van der Waals surface area contributed by atoms with Gasteiger partial charge in [0.1, 0.15) is 11.6 Å². The van der Waals surface area contributed by atoms with Gasteiger partial charge in [-0.25, -0.2) is 13.2 Å². The van der Waals surface area contributed by atoms with Crippen molar-refractivity contribution in [3.63, 3.8) is 0 Å². The third-order valence-corrected chi connectivity index (χ3v) is 6.69. The Hall–Kier alpha value is -2.83. The van der Waals surface area contributed by atoms with E-state index in [-0.39, 0.29) is 35.6 Å². The minimum atomic E-state index is -0.888. The highest BCUT2D eigenvalue weighted by molar-refractivity contribution is 5.65. The average molecular weight is 485 g/mol. The number of halogens is 3. The maximum absolute atomic E-state index is 14.8. The topological polar surface area (TPSA) is 27.7 Å². The summed E-state index contributed by atoms with van der Waals surface area (Å²) in [5.74, 6) is -1.19. The fourth-order valence-corrected chi connectivity index (χ4v) is 4.65. The normalized spacial score (nSPS) is 18.0. The summed E-state index contributed by atoms with van der Waals surface area (Å²) in [6.07, 6.45) is 3.02. The zero-order valence-electron chi connectivity index (χ0n) is 20.2. The van der Waals surface area contributed by atoms with E-state index in [0.29, 0.717) is 24.5 Å². The first-order valence-electron chi connectivity index (χ1n) is 12.1. The number of benzene rings is 3. The highest BCUT2D eigenvalue weighted by Crippen LogP contribution is 2.36. The molecule has 1 saturated carbocycles. The van der Waals surface area contributed by atoms with E-state index in [0.717, 1.165) is 36.8 Å². The largest absolute Gasteiger partial charge is 0.497 e. The van der Waals surface area contributed by atoms with Gasteiger partial charge >= 0.3 is 0 Å². The molecule has 3 aromatic carbocycles. The molecule has 0 aromatic heterocycles. The molecule has 0 radical (unpaired) electrons. The van der Waals surface area contributed by atoms with E-state index in [1.807, 2.05) is 19.1 Å². The smallest absolute Gasteiger partial charge is 0.167 e. The van der Waals surface area contributed by atoms with Gasteiger partial charge in [-0.15, -0.1) is 0 Å². The summed E-state index contributed by atoms with van der Waals surface area (Å²) < 4.78 is 60.5.